The number of carbonyl (C=O) groups excluding carboxylic acids is 1. The number of piperidine rings is 1. The Bertz CT molecular complexity index is 1000. The lowest BCUT2D eigenvalue weighted by molar-refractivity contribution is 0.0783. The molecule has 1 fully saturated rings. The van der Waals surface area contributed by atoms with Gasteiger partial charge in [-0.2, -0.15) is 4.31 Å². The highest BCUT2D eigenvalue weighted by molar-refractivity contribution is 7.89. The van der Waals surface area contributed by atoms with Crippen LogP contribution >= 0.6 is 11.6 Å². The van der Waals surface area contributed by atoms with Gasteiger partial charge in [0.1, 0.15) is 5.82 Å². The number of aryl methyl sites for hydroxylation is 1. The molecule has 1 aliphatic heterocycles. The number of hydrogen-bond donors (Lipinski definition) is 0. The second-order valence-electron chi connectivity index (χ2n) is 7.30. The molecule has 3 rings (SSSR count). The SMILES string of the molecule is Cc1ccc(S(=O)(=O)N2CCCCC2)cc1C(=O)N(C)Cc1c(F)cccc1Cl. The third kappa shape index (κ3) is 4.63. The van der Waals surface area contributed by atoms with Gasteiger partial charge in [0.05, 0.1) is 4.90 Å². The minimum atomic E-state index is -3.65. The largest absolute Gasteiger partial charge is 0.337 e. The van der Waals surface area contributed by atoms with Gasteiger partial charge >= 0.3 is 0 Å². The number of rotatable bonds is 5. The fraction of sp³-hybridized carbons (Fsp3) is 0.381. The number of halogens is 2. The third-order valence-corrected chi connectivity index (χ3v) is 7.44. The number of benzene rings is 2. The summed E-state index contributed by atoms with van der Waals surface area (Å²) in [7, 11) is -2.11. The molecule has 1 aliphatic rings. The van der Waals surface area contributed by atoms with Crippen molar-refractivity contribution in [3.63, 3.8) is 0 Å². The highest BCUT2D eigenvalue weighted by Gasteiger charge is 2.27. The minimum Gasteiger partial charge on any atom is -0.337 e. The van der Waals surface area contributed by atoms with E-state index in [1.165, 1.54) is 40.5 Å². The molecule has 2 aromatic carbocycles. The smallest absolute Gasteiger partial charge is 0.254 e. The highest BCUT2D eigenvalue weighted by Crippen LogP contribution is 2.25. The second kappa shape index (κ2) is 8.81. The Morgan fingerprint density at radius 2 is 1.86 bits per heavy atom. The molecule has 1 amide bonds. The zero-order valence-corrected chi connectivity index (χ0v) is 18.1. The van der Waals surface area contributed by atoms with Gasteiger partial charge in [0.15, 0.2) is 0 Å². The summed E-state index contributed by atoms with van der Waals surface area (Å²) in [6, 6.07) is 8.94. The Labute approximate surface area is 176 Å². The average molecular weight is 439 g/mol. The molecule has 8 heteroatoms. The predicted octanol–water partition coefficient (Wildman–Crippen LogP) is 4.23. The number of amides is 1. The fourth-order valence-electron chi connectivity index (χ4n) is 3.44. The third-order valence-electron chi connectivity index (χ3n) is 5.20. The molecule has 1 saturated heterocycles. The second-order valence-corrected chi connectivity index (χ2v) is 9.65. The van der Waals surface area contributed by atoms with Gasteiger partial charge in [-0.15, -0.1) is 0 Å². The molecular weight excluding hydrogens is 415 g/mol. The Balaban J connectivity index is 1.88. The van der Waals surface area contributed by atoms with Crippen LogP contribution in [0.3, 0.4) is 0 Å². The van der Waals surface area contributed by atoms with Crippen LogP contribution in [0.5, 0.6) is 0 Å². The van der Waals surface area contributed by atoms with E-state index in [1.807, 2.05) is 0 Å². The van der Waals surface area contributed by atoms with Crippen molar-refractivity contribution in [3.05, 3.63) is 63.9 Å². The van der Waals surface area contributed by atoms with Crippen LogP contribution in [0.25, 0.3) is 0 Å². The van der Waals surface area contributed by atoms with Crippen LogP contribution in [-0.2, 0) is 16.6 Å². The molecular formula is C21H24ClFN2O3S. The first-order valence-electron chi connectivity index (χ1n) is 9.51. The maximum atomic E-state index is 14.1. The maximum absolute atomic E-state index is 14.1. The summed E-state index contributed by atoms with van der Waals surface area (Å²) < 4.78 is 41.5. The number of carbonyl (C=O) groups is 1. The summed E-state index contributed by atoms with van der Waals surface area (Å²) in [5, 5.41) is 0.239. The van der Waals surface area contributed by atoms with Gasteiger partial charge in [-0.05, 0) is 49.6 Å². The molecule has 2 aromatic rings. The molecule has 0 unspecified atom stereocenters. The lowest BCUT2D eigenvalue weighted by Crippen LogP contribution is -2.35. The summed E-state index contributed by atoms with van der Waals surface area (Å²) in [5.74, 6) is -0.882. The molecule has 0 aromatic heterocycles. The van der Waals surface area contributed by atoms with E-state index in [2.05, 4.69) is 0 Å². The molecule has 0 aliphatic carbocycles. The molecule has 0 N–H and O–H groups in total. The van der Waals surface area contributed by atoms with E-state index < -0.39 is 21.7 Å². The van der Waals surface area contributed by atoms with Crippen molar-refractivity contribution in [1.29, 1.82) is 0 Å². The van der Waals surface area contributed by atoms with Gasteiger partial charge in [0.2, 0.25) is 10.0 Å². The van der Waals surface area contributed by atoms with Crippen LogP contribution in [0.2, 0.25) is 5.02 Å². The van der Waals surface area contributed by atoms with Gasteiger partial charge in [0, 0.05) is 42.8 Å². The van der Waals surface area contributed by atoms with Crippen molar-refractivity contribution >= 4 is 27.5 Å². The van der Waals surface area contributed by atoms with E-state index in [4.69, 9.17) is 11.6 Å². The monoisotopic (exact) mass is 438 g/mol. The molecule has 0 bridgehead atoms. The van der Waals surface area contributed by atoms with Crippen molar-refractivity contribution < 1.29 is 17.6 Å². The maximum Gasteiger partial charge on any atom is 0.254 e. The molecule has 0 saturated carbocycles. The zero-order valence-electron chi connectivity index (χ0n) is 16.5. The lowest BCUT2D eigenvalue weighted by Gasteiger charge is -2.26. The molecule has 5 nitrogen and oxygen atoms in total. The van der Waals surface area contributed by atoms with Crippen molar-refractivity contribution in [3.8, 4) is 0 Å². The van der Waals surface area contributed by atoms with E-state index >= 15 is 0 Å². The topological polar surface area (TPSA) is 57.7 Å². The zero-order chi connectivity index (χ0) is 21.2. The summed E-state index contributed by atoms with van der Waals surface area (Å²) >= 11 is 6.06. The Morgan fingerprint density at radius 3 is 2.52 bits per heavy atom. The summed E-state index contributed by atoms with van der Waals surface area (Å²) in [6.45, 7) is 2.71. The van der Waals surface area contributed by atoms with E-state index in [0.29, 0.717) is 18.7 Å². The van der Waals surface area contributed by atoms with Gasteiger partial charge < -0.3 is 4.90 Å². The van der Waals surface area contributed by atoms with Crippen LogP contribution in [0.4, 0.5) is 4.39 Å². The molecule has 0 atom stereocenters. The summed E-state index contributed by atoms with van der Waals surface area (Å²) in [6.07, 6.45) is 2.69. The first-order chi connectivity index (χ1) is 13.7. The Hall–Kier alpha value is -1.96. The first kappa shape index (κ1) is 21.7. The van der Waals surface area contributed by atoms with Crippen molar-refractivity contribution in [1.82, 2.24) is 9.21 Å². The van der Waals surface area contributed by atoms with Crippen LogP contribution in [0.15, 0.2) is 41.3 Å². The van der Waals surface area contributed by atoms with Crippen LogP contribution in [0.1, 0.15) is 40.7 Å². The molecule has 0 radical (unpaired) electrons. The minimum absolute atomic E-state index is 0.0209. The van der Waals surface area contributed by atoms with E-state index in [0.717, 1.165) is 19.3 Å². The molecule has 0 spiro atoms. The molecule has 1 heterocycles. The Kier molecular flexibility index (Phi) is 6.61. The van der Waals surface area contributed by atoms with Crippen molar-refractivity contribution in [2.24, 2.45) is 0 Å². The van der Waals surface area contributed by atoms with Gasteiger partial charge in [-0.25, -0.2) is 12.8 Å². The van der Waals surface area contributed by atoms with Gasteiger partial charge in [-0.3, -0.25) is 4.79 Å². The summed E-state index contributed by atoms with van der Waals surface area (Å²) in [5.41, 5.74) is 1.15. The quantitative estimate of drug-likeness (QED) is 0.701. The number of nitrogens with zero attached hydrogens (tertiary/aromatic N) is 2. The highest BCUT2D eigenvalue weighted by atomic mass is 35.5. The van der Waals surface area contributed by atoms with E-state index in [1.54, 1.807) is 19.1 Å². The van der Waals surface area contributed by atoms with E-state index in [9.17, 15) is 17.6 Å². The average Bonchev–Trinajstić information content (AvgIpc) is 2.71. The fourth-order valence-corrected chi connectivity index (χ4v) is 5.21. The van der Waals surface area contributed by atoms with E-state index in [-0.39, 0.29) is 27.6 Å². The first-order valence-corrected chi connectivity index (χ1v) is 11.3. The van der Waals surface area contributed by atoms with Gasteiger partial charge in [-0.1, -0.05) is 30.2 Å². The standard InChI is InChI=1S/C21H24ClFN2O3S/c1-15-9-10-16(29(27,28)25-11-4-3-5-12-25)13-17(15)21(26)24(2)14-18-19(22)7-6-8-20(18)23/h6-10,13H,3-5,11-12,14H2,1-2H3. The van der Waals surface area contributed by atoms with Crippen LogP contribution in [-0.4, -0.2) is 43.7 Å². The molecule has 156 valence electrons. The normalized spacial score (nSPS) is 15.3. The van der Waals surface area contributed by atoms with Gasteiger partial charge in [0.25, 0.3) is 5.91 Å². The lowest BCUT2D eigenvalue weighted by atomic mass is 10.1. The summed E-state index contributed by atoms with van der Waals surface area (Å²) in [4.78, 5) is 14.4. The van der Waals surface area contributed by atoms with Crippen LogP contribution < -0.4 is 0 Å². The molecule has 29 heavy (non-hydrogen) atoms. The Morgan fingerprint density at radius 1 is 1.17 bits per heavy atom. The van der Waals surface area contributed by atoms with Crippen LogP contribution in [0, 0.1) is 12.7 Å². The van der Waals surface area contributed by atoms with Crippen molar-refractivity contribution in [2.45, 2.75) is 37.6 Å². The van der Waals surface area contributed by atoms with Crippen molar-refractivity contribution in [2.75, 3.05) is 20.1 Å². The predicted molar refractivity (Wildman–Crippen MR) is 111 cm³/mol. The number of sulfonamides is 1. The number of hydrogen-bond acceptors (Lipinski definition) is 3.